The molecule has 0 saturated heterocycles. The summed E-state index contributed by atoms with van der Waals surface area (Å²) in [4.78, 5) is 20.1. The molecule has 0 N–H and O–H groups in total. The van der Waals surface area contributed by atoms with Gasteiger partial charge in [-0.2, -0.15) is 0 Å². The number of fused-ring (bicyclic) bond motifs is 1. The van der Waals surface area contributed by atoms with Crippen LogP contribution >= 0.6 is 0 Å². The summed E-state index contributed by atoms with van der Waals surface area (Å²) in [5.41, 5.74) is 2.38. The number of sulfonamides is 1. The molecule has 0 radical (unpaired) electrons. The molecule has 1 aliphatic carbocycles. The molecular weight excluding hydrogens is 473 g/mol. The van der Waals surface area contributed by atoms with Gasteiger partial charge in [0, 0.05) is 23.3 Å². The number of carboxylic acid groups (broad SMARTS) is 1. The molecule has 35 heavy (non-hydrogen) atoms. The Labute approximate surface area is 226 Å². The van der Waals surface area contributed by atoms with Gasteiger partial charge in [0.25, 0.3) is 10.0 Å². The van der Waals surface area contributed by atoms with Gasteiger partial charge >= 0.3 is 29.6 Å². The number of carbonyl (C=O) groups excluding carboxylic acids is 1. The monoisotopic (exact) mass is 495 g/mol. The molecule has 0 spiro atoms. The number of carbonyl (C=O) groups is 1. The Bertz CT molecular complexity index is 1490. The predicted molar refractivity (Wildman–Crippen MR) is 127 cm³/mol. The maximum Gasteiger partial charge on any atom is 1.00 e. The normalized spacial score (nSPS) is 13.3. The summed E-state index contributed by atoms with van der Waals surface area (Å²) in [6.07, 6.45) is 5.78. The Morgan fingerprint density at radius 1 is 1.00 bits per heavy atom. The van der Waals surface area contributed by atoms with Gasteiger partial charge in [-0.1, -0.05) is 42.5 Å². The van der Waals surface area contributed by atoms with Gasteiger partial charge in [0.15, 0.2) is 0 Å². The number of rotatable bonds is 7. The SMILES string of the molecule is Cc1c(N(Cc2ccc(C3CC3)cn2)S(=O)(=O)c2ccc(C(=O)[O-])cc2)ncc2ccccc12.[Na+]. The molecule has 2 aromatic heterocycles. The molecule has 7 nitrogen and oxygen atoms in total. The topological polar surface area (TPSA) is 103 Å². The van der Waals surface area contributed by atoms with Gasteiger partial charge < -0.3 is 9.90 Å². The van der Waals surface area contributed by atoms with Crippen LogP contribution < -0.4 is 39.0 Å². The number of carboxylic acids is 1. The van der Waals surface area contributed by atoms with E-state index in [-0.39, 0.29) is 46.6 Å². The van der Waals surface area contributed by atoms with Gasteiger partial charge in [0.05, 0.1) is 23.1 Å². The van der Waals surface area contributed by atoms with E-state index in [4.69, 9.17) is 0 Å². The van der Waals surface area contributed by atoms with E-state index in [1.807, 2.05) is 49.5 Å². The summed E-state index contributed by atoms with van der Waals surface area (Å²) in [5, 5.41) is 12.9. The molecule has 0 amide bonds. The fourth-order valence-electron chi connectivity index (χ4n) is 4.05. The fraction of sp³-hybridized carbons (Fsp3) is 0.192. The van der Waals surface area contributed by atoms with Crippen molar-refractivity contribution in [3.05, 3.63) is 95.4 Å². The van der Waals surface area contributed by atoms with Crippen molar-refractivity contribution in [1.29, 1.82) is 0 Å². The van der Waals surface area contributed by atoms with Crippen LogP contribution in [0.4, 0.5) is 5.82 Å². The molecule has 1 fully saturated rings. The van der Waals surface area contributed by atoms with E-state index in [0.717, 1.165) is 34.7 Å². The van der Waals surface area contributed by atoms with Gasteiger partial charge in [0.1, 0.15) is 5.82 Å². The van der Waals surface area contributed by atoms with E-state index in [1.54, 1.807) is 6.20 Å². The van der Waals surface area contributed by atoms with Crippen molar-refractivity contribution < 1.29 is 47.9 Å². The van der Waals surface area contributed by atoms with Crippen LogP contribution in [0.1, 0.15) is 45.9 Å². The second-order valence-corrected chi connectivity index (χ2v) is 10.3. The van der Waals surface area contributed by atoms with Crippen LogP contribution in [0.5, 0.6) is 0 Å². The number of aryl methyl sites for hydroxylation is 1. The van der Waals surface area contributed by atoms with Crippen molar-refractivity contribution in [2.75, 3.05) is 4.31 Å². The minimum absolute atomic E-state index is 0. The third kappa shape index (κ3) is 5.11. The molecular formula is C26H22N3NaO4S. The average molecular weight is 496 g/mol. The number of hydrogen-bond acceptors (Lipinski definition) is 6. The minimum Gasteiger partial charge on any atom is -0.545 e. The van der Waals surface area contributed by atoms with Gasteiger partial charge in [-0.25, -0.2) is 17.7 Å². The zero-order valence-electron chi connectivity index (χ0n) is 19.5. The number of pyridine rings is 2. The standard InChI is InChI=1S/C26H23N3O4S.Na/c1-17-24-5-3-2-4-21(24)15-28-25(17)29(16-22-11-8-20(14-27-22)18-6-7-18)34(32,33)23-12-9-19(10-13-23)26(30)31;/h2-5,8-15,18H,6-7,16H2,1H3,(H,30,31);/q;+1/p-1. The van der Waals surface area contributed by atoms with Crippen molar-refractivity contribution in [2.45, 2.75) is 37.1 Å². The van der Waals surface area contributed by atoms with Crippen molar-refractivity contribution >= 4 is 32.6 Å². The summed E-state index contributed by atoms with van der Waals surface area (Å²) in [6, 6.07) is 16.5. The molecule has 5 rings (SSSR count). The van der Waals surface area contributed by atoms with Gasteiger partial charge in [0.2, 0.25) is 0 Å². The van der Waals surface area contributed by atoms with Crippen LogP contribution in [0.25, 0.3) is 10.8 Å². The van der Waals surface area contributed by atoms with Crippen LogP contribution in [0.2, 0.25) is 0 Å². The number of nitrogens with zero attached hydrogens (tertiary/aromatic N) is 3. The second kappa shape index (κ2) is 10.1. The van der Waals surface area contributed by atoms with Gasteiger partial charge in [-0.05, 0) is 60.4 Å². The van der Waals surface area contributed by atoms with E-state index in [9.17, 15) is 18.3 Å². The zero-order chi connectivity index (χ0) is 23.9. The molecule has 1 saturated carbocycles. The Balaban J connectivity index is 0.00000289. The van der Waals surface area contributed by atoms with Crippen LogP contribution in [-0.2, 0) is 16.6 Å². The van der Waals surface area contributed by atoms with E-state index < -0.39 is 16.0 Å². The molecule has 9 heteroatoms. The maximum atomic E-state index is 13.8. The predicted octanol–water partition coefficient (Wildman–Crippen LogP) is 0.579. The summed E-state index contributed by atoms with van der Waals surface area (Å²) >= 11 is 0. The summed E-state index contributed by atoms with van der Waals surface area (Å²) in [5.74, 6) is -0.517. The third-order valence-electron chi connectivity index (χ3n) is 6.14. The Morgan fingerprint density at radius 2 is 1.71 bits per heavy atom. The van der Waals surface area contributed by atoms with Crippen molar-refractivity contribution in [1.82, 2.24) is 9.97 Å². The molecule has 4 aromatic rings. The Hall–Kier alpha value is -2.78. The fourth-order valence-corrected chi connectivity index (χ4v) is 5.50. The molecule has 0 bridgehead atoms. The van der Waals surface area contributed by atoms with Crippen LogP contribution in [0.3, 0.4) is 0 Å². The van der Waals surface area contributed by atoms with Gasteiger partial charge in [-0.3, -0.25) is 4.98 Å². The average Bonchev–Trinajstić information content (AvgIpc) is 3.69. The summed E-state index contributed by atoms with van der Waals surface area (Å²) in [6.45, 7) is 1.83. The van der Waals surface area contributed by atoms with Gasteiger partial charge in [-0.15, -0.1) is 0 Å². The molecule has 2 heterocycles. The Morgan fingerprint density at radius 3 is 2.34 bits per heavy atom. The van der Waals surface area contributed by atoms with Crippen molar-refractivity contribution in [3.63, 3.8) is 0 Å². The van der Waals surface area contributed by atoms with Crippen LogP contribution in [0.15, 0.2) is 78.0 Å². The quantitative estimate of drug-likeness (QED) is 0.348. The van der Waals surface area contributed by atoms with E-state index in [0.29, 0.717) is 17.4 Å². The summed E-state index contributed by atoms with van der Waals surface area (Å²) in [7, 11) is -4.08. The van der Waals surface area contributed by atoms with Crippen molar-refractivity contribution in [2.24, 2.45) is 0 Å². The van der Waals surface area contributed by atoms with E-state index in [1.165, 1.54) is 28.6 Å². The van der Waals surface area contributed by atoms with E-state index in [2.05, 4.69) is 9.97 Å². The molecule has 0 aliphatic heterocycles. The third-order valence-corrected chi connectivity index (χ3v) is 7.89. The van der Waals surface area contributed by atoms with Crippen molar-refractivity contribution in [3.8, 4) is 0 Å². The summed E-state index contributed by atoms with van der Waals surface area (Å²) < 4.78 is 28.8. The molecule has 2 aromatic carbocycles. The Kier molecular flexibility index (Phi) is 7.28. The van der Waals surface area contributed by atoms with Crippen LogP contribution in [-0.4, -0.2) is 24.4 Å². The number of aromatic carboxylic acids is 1. The first-order chi connectivity index (χ1) is 16.3. The molecule has 172 valence electrons. The molecule has 0 unspecified atom stereocenters. The van der Waals surface area contributed by atoms with E-state index >= 15 is 0 Å². The second-order valence-electron chi connectivity index (χ2n) is 8.47. The number of benzene rings is 2. The molecule has 0 atom stereocenters. The first kappa shape index (κ1) is 25.3. The minimum atomic E-state index is -4.08. The first-order valence-corrected chi connectivity index (χ1v) is 12.4. The largest absolute Gasteiger partial charge is 1.00 e. The smallest absolute Gasteiger partial charge is 0.545 e. The zero-order valence-corrected chi connectivity index (χ0v) is 22.3. The number of hydrogen-bond donors (Lipinski definition) is 0. The first-order valence-electron chi connectivity index (χ1n) is 11.0. The number of aromatic nitrogens is 2. The van der Waals surface area contributed by atoms with Crippen LogP contribution in [0, 0.1) is 6.92 Å². The maximum absolute atomic E-state index is 13.8. The number of anilines is 1. The molecule has 1 aliphatic rings.